The maximum atomic E-state index is 11.4. The van der Waals surface area contributed by atoms with E-state index in [4.69, 9.17) is 0 Å². The van der Waals surface area contributed by atoms with Gasteiger partial charge in [-0.05, 0) is 36.1 Å². The summed E-state index contributed by atoms with van der Waals surface area (Å²) in [6.07, 6.45) is 0.504. The molecule has 2 rings (SSSR count). The smallest absolute Gasteiger partial charge is 0.175 e. The van der Waals surface area contributed by atoms with Crippen LogP contribution in [0.1, 0.15) is 29.5 Å². The summed E-state index contributed by atoms with van der Waals surface area (Å²) >= 11 is 1.67. The third kappa shape index (κ3) is 4.38. The highest BCUT2D eigenvalue weighted by molar-refractivity contribution is 7.90. The number of aliphatic hydroxyl groups excluding tert-OH is 1. The topological polar surface area (TPSA) is 66.4 Å². The van der Waals surface area contributed by atoms with Crippen LogP contribution in [0.5, 0.6) is 0 Å². The van der Waals surface area contributed by atoms with Crippen molar-refractivity contribution < 1.29 is 13.5 Å². The van der Waals surface area contributed by atoms with E-state index < -0.39 is 15.9 Å². The van der Waals surface area contributed by atoms with E-state index >= 15 is 0 Å². The van der Waals surface area contributed by atoms with Crippen molar-refractivity contribution in [3.63, 3.8) is 0 Å². The summed E-state index contributed by atoms with van der Waals surface area (Å²) < 4.78 is 22.8. The molecule has 1 aromatic heterocycles. The summed E-state index contributed by atoms with van der Waals surface area (Å²) in [5.41, 5.74) is 0.702. The minimum atomic E-state index is -3.20. The number of hydrogen-bond acceptors (Lipinski definition) is 5. The Morgan fingerprint density at radius 1 is 1.24 bits per heavy atom. The van der Waals surface area contributed by atoms with Gasteiger partial charge in [0.05, 0.1) is 11.0 Å². The zero-order chi connectivity index (χ0) is 15.5. The molecule has 1 heterocycles. The van der Waals surface area contributed by atoms with E-state index in [0.717, 1.165) is 0 Å². The van der Waals surface area contributed by atoms with Crippen molar-refractivity contribution in [2.24, 2.45) is 0 Å². The van der Waals surface area contributed by atoms with Crippen molar-refractivity contribution in [2.75, 3.05) is 12.8 Å². The molecule has 0 saturated heterocycles. The van der Waals surface area contributed by atoms with Gasteiger partial charge < -0.3 is 10.4 Å². The first-order valence-electron chi connectivity index (χ1n) is 6.63. The highest BCUT2D eigenvalue weighted by Crippen LogP contribution is 2.20. The summed E-state index contributed by atoms with van der Waals surface area (Å²) in [7, 11) is -3.20. The van der Waals surface area contributed by atoms with Gasteiger partial charge in [-0.1, -0.05) is 18.2 Å². The molecular formula is C15H19NO3S2. The lowest BCUT2D eigenvalue weighted by Crippen LogP contribution is -2.24. The Bertz CT molecular complexity index is 663. The van der Waals surface area contributed by atoms with Crippen LogP contribution in [0, 0.1) is 0 Å². The number of hydrogen-bond donors (Lipinski definition) is 2. The minimum absolute atomic E-state index is 0.176. The molecule has 0 fully saturated rings. The Hall–Kier alpha value is -1.21. The summed E-state index contributed by atoms with van der Waals surface area (Å²) in [5, 5.41) is 15.4. The van der Waals surface area contributed by atoms with Crippen LogP contribution in [0.4, 0.5) is 0 Å². The van der Waals surface area contributed by atoms with Gasteiger partial charge in [0.25, 0.3) is 0 Å². The lowest BCUT2D eigenvalue weighted by Gasteiger charge is -2.16. The van der Waals surface area contributed by atoms with Crippen LogP contribution in [-0.4, -0.2) is 26.3 Å². The molecule has 6 heteroatoms. The predicted molar refractivity (Wildman–Crippen MR) is 85.2 cm³/mol. The average Bonchev–Trinajstić information content (AvgIpc) is 2.98. The van der Waals surface area contributed by atoms with Gasteiger partial charge in [0, 0.05) is 23.7 Å². The van der Waals surface area contributed by atoms with Crippen molar-refractivity contribution in [3.8, 4) is 0 Å². The van der Waals surface area contributed by atoms with Gasteiger partial charge in [-0.3, -0.25) is 0 Å². The lowest BCUT2D eigenvalue weighted by atomic mass is 10.1. The van der Waals surface area contributed by atoms with E-state index in [9.17, 15) is 13.5 Å². The van der Waals surface area contributed by atoms with Crippen LogP contribution >= 0.6 is 11.3 Å². The molecule has 1 aromatic carbocycles. The summed E-state index contributed by atoms with van der Waals surface area (Å²) in [5.74, 6) is 0. The molecule has 0 aliphatic carbocycles. The normalized spacial score (nSPS) is 14.8. The molecule has 114 valence electrons. The van der Waals surface area contributed by atoms with Gasteiger partial charge in [0.2, 0.25) is 0 Å². The molecule has 1 unspecified atom stereocenters. The second-order valence-corrected chi connectivity index (χ2v) is 8.00. The van der Waals surface area contributed by atoms with Gasteiger partial charge in [0.15, 0.2) is 9.84 Å². The minimum Gasteiger partial charge on any atom is -0.387 e. The van der Waals surface area contributed by atoms with Crippen LogP contribution in [0.15, 0.2) is 46.7 Å². The van der Waals surface area contributed by atoms with Crippen LogP contribution in [-0.2, 0) is 9.84 Å². The van der Waals surface area contributed by atoms with E-state index in [1.807, 2.05) is 18.4 Å². The highest BCUT2D eigenvalue weighted by atomic mass is 32.2. The SMILES string of the molecule is C[C@@H](NCC(O)c1ccc(S(C)(=O)=O)cc1)c1cccs1. The zero-order valence-electron chi connectivity index (χ0n) is 12.0. The first-order chi connectivity index (χ1) is 9.88. The summed E-state index contributed by atoms with van der Waals surface area (Å²) in [6.45, 7) is 2.46. The van der Waals surface area contributed by atoms with Crippen molar-refractivity contribution in [1.82, 2.24) is 5.32 Å². The van der Waals surface area contributed by atoms with Crippen molar-refractivity contribution in [1.29, 1.82) is 0 Å². The van der Waals surface area contributed by atoms with Crippen LogP contribution in [0.25, 0.3) is 0 Å². The number of benzene rings is 1. The third-order valence-electron chi connectivity index (χ3n) is 3.28. The molecule has 2 aromatic rings. The number of sulfone groups is 1. The van der Waals surface area contributed by atoms with Crippen LogP contribution in [0.2, 0.25) is 0 Å². The fourth-order valence-electron chi connectivity index (χ4n) is 1.98. The number of nitrogens with one attached hydrogen (secondary N) is 1. The van der Waals surface area contributed by atoms with Gasteiger partial charge in [-0.25, -0.2) is 8.42 Å². The Kier molecular flexibility index (Phi) is 5.16. The molecular weight excluding hydrogens is 306 g/mol. The van der Waals surface area contributed by atoms with Crippen LogP contribution in [0.3, 0.4) is 0 Å². The fourth-order valence-corrected chi connectivity index (χ4v) is 3.37. The molecule has 2 atom stereocenters. The van der Waals surface area contributed by atoms with Crippen molar-refractivity contribution in [2.45, 2.75) is 24.0 Å². The van der Waals surface area contributed by atoms with E-state index in [0.29, 0.717) is 12.1 Å². The van der Waals surface area contributed by atoms with Crippen molar-refractivity contribution >= 4 is 21.2 Å². The van der Waals surface area contributed by atoms with E-state index in [1.165, 1.54) is 23.3 Å². The predicted octanol–water partition coefficient (Wildman–Crippen LogP) is 2.54. The van der Waals surface area contributed by atoms with E-state index in [2.05, 4.69) is 11.4 Å². The van der Waals surface area contributed by atoms with E-state index in [-0.39, 0.29) is 10.9 Å². The number of aliphatic hydroxyl groups is 1. The zero-order valence-corrected chi connectivity index (χ0v) is 13.6. The second-order valence-electron chi connectivity index (χ2n) is 5.00. The fraction of sp³-hybridized carbons (Fsp3) is 0.333. The Morgan fingerprint density at radius 2 is 1.90 bits per heavy atom. The first-order valence-corrected chi connectivity index (χ1v) is 9.40. The second kappa shape index (κ2) is 6.70. The molecule has 0 spiro atoms. The average molecular weight is 325 g/mol. The Labute approximate surface area is 129 Å². The molecule has 0 bridgehead atoms. The van der Waals surface area contributed by atoms with Gasteiger partial charge in [0.1, 0.15) is 0 Å². The molecule has 0 saturated carbocycles. The Morgan fingerprint density at radius 3 is 2.43 bits per heavy atom. The maximum absolute atomic E-state index is 11.4. The van der Waals surface area contributed by atoms with Gasteiger partial charge in [-0.2, -0.15) is 0 Å². The summed E-state index contributed by atoms with van der Waals surface area (Å²) in [6, 6.07) is 10.6. The maximum Gasteiger partial charge on any atom is 0.175 e. The molecule has 0 amide bonds. The van der Waals surface area contributed by atoms with Crippen LogP contribution < -0.4 is 5.32 Å². The largest absolute Gasteiger partial charge is 0.387 e. The molecule has 0 radical (unpaired) electrons. The first kappa shape index (κ1) is 16.2. The molecule has 0 aliphatic rings. The number of thiophene rings is 1. The van der Waals surface area contributed by atoms with Gasteiger partial charge >= 0.3 is 0 Å². The van der Waals surface area contributed by atoms with Crippen molar-refractivity contribution in [3.05, 3.63) is 52.2 Å². The quantitative estimate of drug-likeness (QED) is 0.856. The Balaban J connectivity index is 1.96. The van der Waals surface area contributed by atoms with Gasteiger partial charge in [-0.15, -0.1) is 11.3 Å². The monoisotopic (exact) mass is 325 g/mol. The molecule has 2 N–H and O–H groups in total. The summed E-state index contributed by atoms with van der Waals surface area (Å²) in [4.78, 5) is 1.48. The third-order valence-corrected chi connectivity index (χ3v) is 5.46. The highest BCUT2D eigenvalue weighted by Gasteiger charge is 2.13. The molecule has 4 nitrogen and oxygen atoms in total. The number of rotatable bonds is 6. The lowest BCUT2D eigenvalue weighted by molar-refractivity contribution is 0.171. The standard InChI is InChI=1S/C15H19NO3S2/c1-11(15-4-3-9-20-15)16-10-14(17)12-5-7-13(8-6-12)21(2,18)19/h3-9,11,14,16-17H,10H2,1-2H3/t11-,14?/m1/s1. The van der Waals surface area contributed by atoms with E-state index in [1.54, 1.807) is 23.5 Å². The molecule has 0 aliphatic heterocycles. The molecule has 21 heavy (non-hydrogen) atoms.